The molecule has 2 aromatic rings. The Labute approximate surface area is 124 Å². The zero-order valence-corrected chi connectivity index (χ0v) is 12.9. The quantitative estimate of drug-likeness (QED) is 0.918. The number of anilines is 1. The van der Waals surface area contributed by atoms with E-state index in [0.717, 1.165) is 5.56 Å². The predicted octanol–water partition coefficient (Wildman–Crippen LogP) is 2.73. The minimum atomic E-state index is -0.241. The van der Waals surface area contributed by atoms with Gasteiger partial charge in [0.25, 0.3) is 0 Å². The molecule has 1 N–H and O–H groups in total. The summed E-state index contributed by atoms with van der Waals surface area (Å²) < 4.78 is 18.5. The molecule has 0 atom stereocenters. The second-order valence-corrected chi connectivity index (χ2v) is 6.06. The van der Waals surface area contributed by atoms with Gasteiger partial charge in [-0.3, -0.25) is 0 Å². The number of nitrogens with zero attached hydrogens (tertiary/aromatic N) is 3. The van der Waals surface area contributed by atoms with E-state index in [2.05, 4.69) is 36.3 Å². The van der Waals surface area contributed by atoms with Gasteiger partial charge in [-0.2, -0.15) is 0 Å². The molecule has 1 aromatic heterocycles. The van der Waals surface area contributed by atoms with Crippen molar-refractivity contribution in [3.8, 4) is 0 Å². The lowest BCUT2D eigenvalue weighted by Crippen LogP contribution is -2.35. The molecule has 6 heteroatoms. The van der Waals surface area contributed by atoms with Crippen LogP contribution in [0.15, 0.2) is 28.7 Å². The van der Waals surface area contributed by atoms with E-state index < -0.39 is 0 Å². The van der Waals surface area contributed by atoms with Gasteiger partial charge in [-0.05, 0) is 38.5 Å². The number of hydrogen-bond acceptors (Lipinski definition) is 5. The molecule has 114 valence electrons. The van der Waals surface area contributed by atoms with Gasteiger partial charge >= 0.3 is 6.01 Å². The smallest absolute Gasteiger partial charge is 0.318 e. The highest BCUT2D eigenvalue weighted by atomic mass is 19.1. The maximum Gasteiger partial charge on any atom is 0.318 e. The monoisotopic (exact) mass is 292 g/mol. The van der Waals surface area contributed by atoms with Gasteiger partial charge in [-0.25, -0.2) is 4.39 Å². The van der Waals surface area contributed by atoms with Gasteiger partial charge in [0.05, 0.1) is 6.54 Å². The summed E-state index contributed by atoms with van der Waals surface area (Å²) in [5.74, 6) is 0.306. The molecular formula is C15H21FN4O. The Morgan fingerprint density at radius 3 is 2.48 bits per heavy atom. The molecule has 0 fully saturated rings. The van der Waals surface area contributed by atoms with Crippen molar-refractivity contribution >= 4 is 6.01 Å². The maximum atomic E-state index is 12.9. The van der Waals surface area contributed by atoms with Crippen LogP contribution in [0.4, 0.5) is 10.4 Å². The highest BCUT2D eigenvalue weighted by molar-refractivity contribution is 5.27. The predicted molar refractivity (Wildman–Crippen MR) is 79.4 cm³/mol. The lowest BCUT2D eigenvalue weighted by molar-refractivity contribution is 0.381. The number of benzene rings is 1. The Morgan fingerprint density at radius 1 is 1.19 bits per heavy atom. The zero-order valence-electron chi connectivity index (χ0n) is 12.9. The molecule has 5 nitrogen and oxygen atoms in total. The summed E-state index contributed by atoms with van der Waals surface area (Å²) in [6.45, 7) is 7.33. The molecule has 0 radical (unpaired) electrons. The van der Waals surface area contributed by atoms with Crippen LogP contribution >= 0.6 is 0 Å². The first-order valence-corrected chi connectivity index (χ1v) is 6.86. The molecule has 2 rings (SSSR count). The van der Waals surface area contributed by atoms with Gasteiger partial charge in [0.1, 0.15) is 5.82 Å². The van der Waals surface area contributed by atoms with Crippen LogP contribution in [0.1, 0.15) is 32.2 Å². The van der Waals surface area contributed by atoms with Gasteiger partial charge < -0.3 is 14.6 Å². The van der Waals surface area contributed by atoms with Crippen LogP contribution in [-0.2, 0) is 13.1 Å². The fourth-order valence-electron chi connectivity index (χ4n) is 1.74. The Bertz CT molecular complexity index is 574. The molecule has 0 amide bonds. The van der Waals surface area contributed by atoms with E-state index in [-0.39, 0.29) is 11.4 Å². The molecule has 21 heavy (non-hydrogen) atoms. The third-order valence-electron chi connectivity index (χ3n) is 2.89. The second-order valence-electron chi connectivity index (χ2n) is 6.06. The van der Waals surface area contributed by atoms with E-state index in [0.29, 0.717) is 25.0 Å². The van der Waals surface area contributed by atoms with E-state index in [1.807, 2.05) is 11.9 Å². The lowest BCUT2D eigenvalue weighted by Gasteiger charge is -2.18. The van der Waals surface area contributed by atoms with Crippen molar-refractivity contribution in [3.05, 3.63) is 41.5 Å². The van der Waals surface area contributed by atoms with Crippen molar-refractivity contribution in [1.29, 1.82) is 0 Å². The third-order valence-corrected chi connectivity index (χ3v) is 2.89. The zero-order chi connectivity index (χ0) is 15.5. The second kappa shape index (κ2) is 6.22. The number of halogens is 1. The van der Waals surface area contributed by atoms with E-state index in [4.69, 9.17) is 4.42 Å². The van der Waals surface area contributed by atoms with Gasteiger partial charge in [0.2, 0.25) is 5.89 Å². The summed E-state index contributed by atoms with van der Waals surface area (Å²) in [6.07, 6.45) is 0. The summed E-state index contributed by atoms with van der Waals surface area (Å²) in [5.41, 5.74) is 0.973. The molecule has 1 heterocycles. The topological polar surface area (TPSA) is 54.2 Å². The fourth-order valence-corrected chi connectivity index (χ4v) is 1.74. The van der Waals surface area contributed by atoms with Crippen LogP contribution in [0, 0.1) is 5.82 Å². The van der Waals surface area contributed by atoms with Crippen LogP contribution < -0.4 is 10.2 Å². The van der Waals surface area contributed by atoms with Gasteiger partial charge in [0.15, 0.2) is 0 Å². The SMILES string of the molecule is CN(Cc1ccc(F)cc1)c1nnc(CNC(C)(C)C)o1. The van der Waals surface area contributed by atoms with Crippen molar-refractivity contribution in [2.75, 3.05) is 11.9 Å². The lowest BCUT2D eigenvalue weighted by atomic mass is 10.1. The largest absolute Gasteiger partial charge is 0.407 e. The van der Waals surface area contributed by atoms with Crippen molar-refractivity contribution in [2.24, 2.45) is 0 Å². The molecule has 1 aromatic carbocycles. The van der Waals surface area contributed by atoms with Crippen LogP contribution in [0.2, 0.25) is 0 Å². The van der Waals surface area contributed by atoms with E-state index in [9.17, 15) is 4.39 Å². The Balaban J connectivity index is 1.95. The van der Waals surface area contributed by atoms with Crippen molar-refractivity contribution in [1.82, 2.24) is 15.5 Å². The minimum absolute atomic E-state index is 0.00531. The molecule has 0 aliphatic rings. The molecule has 0 aliphatic heterocycles. The number of nitrogens with one attached hydrogen (secondary N) is 1. The summed E-state index contributed by atoms with van der Waals surface area (Å²) in [5, 5.41) is 11.3. The molecule has 0 aliphatic carbocycles. The normalized spacial score (nSPS) is 11.7. The van der Waals surface area contributed by atoms with Crippen molar-refractivity contribution in [3.63, 3.8) is 0 Å². The van der Waals surface area contributed by atoms with Crippen molar-refractivity contribution < 1.29 is 8.81 Å². The first-order valence-electron chi connectivity index (χ1n) is 6.86. The highest BCUT2D eigenvalue weighted by Crippen LogP contribution is 2.14. The maximum absolute atomic E-state index is 12.9. The third kappa shape index (κ3) is 4.82. The van der Waals surface area contributed by atoms with Crippen LogP contribution in [0.25, 0.3) is 0 Å². The molecule has 0 saturated carbocycles. The Hall–Kier alpha value is -1.95. The first-order chi connectivity index (χ1) is 9.83. The van der Waals surface area contributed by atoms with Gasteiger partial charge in [0, 0.05) is 19.1 Å². The average molecular weight is 292 g/mol. The summed E-state index contributed by atoms with van der Waals surface area (Å²) in [6, 6.07) is 6.81. The highest BCUT2D eigenvalue weighted by Gasteiger charge is 2.14. The Morgan fingerprint density at radius 2 is 1.86 bits per heavy atom. The van der Waals surface area contributed by atoms with E-state index >= 15 is 0 Å². The first kappa shape index (κ1) is 15.4. The van der Waals surface area contributed by atoms with Crippen molar-refractivity contribution in [2.45, 2.75) is 39.4 Å². The Kier molecular flexibility index (Phi) is 4.57. The molecule has 0 saturated heterocycles. The number of hydrogen-bond donors (Lipinski definition) is 1. The number of rotatable bonds is 5. The van der Waals surface area contributed by atoms with E-state index in [1.54, 1.807) is 12.1 Å². The standard InChI is InChI=1S/C15H21FN4O/c1-15(2,3)17-9-13-18-19-14(21-13)20(4)10-11-5-7-12(16)8-6-11/h5-8,17H,9-10H2,1-4H3. The average Bonchev–Trinajstić information content (AvgIpc) is 2.87. The van der Waals surface area contributed by atoms with Crippen LogP contribution in [-0.4, -0.2) is 22.8 Å². The van der Waals surface area contributed by atoms with Gasteiger partial charge in [-0.15, -0.1) is 5.10 Å². The summed E-state index contributed by atoms with van der Waals surface area (Å²) in [4.78, 5) is 1.83. The summed E-state index contributed by atoms with van der Waals surface area (Å²) >= 11 is 0. The molecule has 0 bridgehead atoms. The molecular weight excluding hydrogens is 271 g/mol. The van der Waals surface area contributed by atoms with Crippen LogP contribution in [0.5, 0.6) is 0 Å². The van der Waals surface area contributed by atoms with Crippen LogP contribution in [0.3, 0.4) is 0 Å². The molecule has 0 unspecified atom stereocenters. The number of aromatic nitrogens is 2. The minimum Gasteiger partial charge on any atom is -0.407 e. The summed E-state index contributed by atoms with van der Waals surface area (Å²) in [7, 11) is 1.86. The fraction of sp³-hybridized carbons (Fsp3) is 0.467. The van der Waals surface area contributed by atoms with E-state index in [1.165, 1.54) is 12.1 Å². The van der Waals surface area contributed by atoms with Gasteiger partial charge in [-0.1, -0.05) is 17.2 Å². The molecule has 0 spiro atoms.